The molecule has 0 aliphatic rings. The van der Waals surface area contributed by atoms with Crippen LogP contribution in [0.25, 0.3) is 33.9 Å². The fourth-order valence-corrected chi connectivity index (χ4v) is 3.21. The molecule has 0 bridgehead atoms. The highest BCUT2D eigenvalue weighted by molar-refractivity contribution is 5.75. The summed E-state index contributed by atoms with van der Waals surface area (Å²) in [7, 11) is 1.66. The highest BCUT2D eigenvalue weighted by atomic mass is 16.5. The van der Waals surface area contributed by atoms with Gasteiger partial charge in [0.1, 0.15) is 5.75 Å². The molecule has 4 aromatic rings. The van der Waals surface area contributed by atoms with Gasteiger partial charge in [0.2, 0.25) is 0 Å². The number of aromatic nitrogens is 3. The average molecular weight is 397 g/mol. The first-order valence-corrected chi connectivity index (χ1v) is 9.69. The summed E-state index contributed by atoms with van der Waals surface area (Å²) in [6, 6.07) is 23.6. The Hall–Kier alpha value is -3.61. The van der Waals surface area contributed by atoms with E-state index in [1.54, 1.807) is 7.11 Å². The molecule has 0 aliphatic carbocycles. The summed E-state index contributed by atoms with van der Waals surface area (Å²) in [5, 5.41) is 0. The summed E-state index contributed by atoms with van der Waals surface area (Å²) in [5.74, 6) is 0.808. The van der Waals surface area contributed by atoms with Gasteiger partial charge in [-0.05, 0) is 59.7 Å². The molecule has 0 saturated heterocycles. The predicted octanol–water partition coefficient (Wildman–Crippen LogP) is 3.80. The van der Waals surface area contributed by atoms with Crippen molar-refractivity contribution in [2.24, 2.45) is 11.5 Å². The fourth-order valence-electron chi connectivity index (χ4n) is 3.21. The van der Waals surface area contributed by atoms with Crippen LogP contribution >= 0.6 is 0 Å². The second-order valence-electron chi connectivity index (χ2n) is 6.79. The monoisotopic (exact) mass is 397 g/mol. The van der Waals surface area contributed by atoms with Crippen LogP contribution in [0.5, 0.6) is 5.75 Å². The van der Waals surface area contributed by atoms with E-state index in [2.05, 4.69) is 9.97 Å². The highest BCUT2D eigenvalue weighted by Gasteiger charge is 2.11. The van der Waals surface area contributed by atoms with E-state index in [1.807, 2.05) is 72.8 Å². The number of hydrogen-bond donors (Lipinski definition) is 2. The highest BCUT2D eigenvalue weighted by Crippen LogP contribution is 2.30. The third-order valence-electron chi connectivity index (χ3n) is 4.81. The molecule has 6 heteroatoms. The second kappa shape index (κ2) is 8.82. The van der Waals surface area contributed by atoms with E-state index >= 15 is 0 Å². The molecule has 3 aromatic heterocycles. The Bertz CT molecular complexity index is 1090. The van der Waals surface area contributed by atoms with Gasteiger partial charge in [-0.1, -0.05) is 24.3 Å². The molecule has 0 radical (unpaired) electrons. The van der Waals surface area contributed by atoms with E-state index in [4.69, 9.17) is 21.2 Å². The molecular formula is C24H23N5O. The Balaban J connectivity index is 1.88. The number of ether oxygens (including phenoxy) is 1. The van der Waals surface area contributed by atoms with Gasteiger partial charge in [-0.15, -0.1) is 0 Å². The first-order valence-electron chi connectivity index (χ1n) is 9.69. The molecule has 4 rings (SSSR count). The fraction of sp³-hybridized carbons (Fsp3) is 0.125. The third-order valence-corrected chi connectivity index (χ3v) is 4.81. The Kier molecular flexibility index (Phi) is 5.79. The van der Waals surface area contributed by atoms with Gasteiger partial charge >= 0.3 is 0 Å². The van der Waals surface area contributed by atoms with Crippen LogP contribution in [-0.2, 0) is 13.1 Å². The van der Waals surface area contributed by atoms with Crippen LogP contribution in [0, 0.1) is 0 Å². The van der Waals surface area contributed by atoms with Crippen LogP contribution in [-0.4, -0.2) is 22.1 Å². The molecule has 4 N–H and O–H groups in total. The van der Waals surface area contributed by atoms with Gasteiger partial charge in [0.25, 0.3) is 0 Å². The molecule has 0 saturated carbocycles. The molecule has 6 nitrogen and oxygen atoms in total. The summed E-state index contributed by atoms with van der Waals surface area (Å²) in [6.45, 7) is 0.748. The van der Waals surface area contributed by atoms with Gasteiger partial charge in [0.15, 0.2) is 0 Å². The van der Waals surface area contributed by atoms with Crippen molar-refractivity contribution in [1.82, 2.24) is 15.0 Å². The number of benzene rings is 1. The predicted molar refractivity (Wildman–Crippen MR) is 118 cm³/mol. The normalized spacial score (nSPS) is 10.8. The molecule has 0 atom stereocenters. The van der Waals surface area contributed by atoms with Crippen molar-refractivity contribution in [2.45, 2.75) is 13.1 Å². The van der Waals surface area contributed by atoms with E-state index in [0.717, 1.165) is 51.0 Å². The first-order chi connectivity index (χ1) is 14.7. The van der Waals surface area contributed by atoms with E-state index in [-0.39, 0.29) is 0 Å². The van der Waals surface area contributed by atoms with Gasteiger partial charge in [-0.2, -0.15) is 0 Å². The number of pyridine rings is 3. The number of nitrogens with two attached hydrogens (primary N) is 2. The van der Waals surface area contributed by atoms with Gasteiger partial charge in [-0.3, -0.25) is 0 Å². The summed E-state index contributed by atoms with van der Waals surface area (Å²) in [6.07, 6.45) is 0. The summed E-state index contributed by atoms with van der Waals surface area (Å²) in [4.78, 5) is 14.1. The average Bonchev–Trinajstić information content (AvgIpc) is 2.84. The summed E-state index contributed by atoms with van der Waals surface area (Å²) < 4.78 is 5.29. The van der Waals surface area contributed by atoms with Crippen LogP contribution in [0.1, 0.15) is 11.4 Å². The molecule has 0 aliphatic heterocycles. The Morgan fingerprint density at radius 3 is 1.63 bits per heavy atom. The number of nitrogens with zero attached hydrogens (tertiary/aromatic N) is 3. The molecule has 0 fully saturated rings. The number of rotatable bonds is 6. The Labute approximate surface area is 175 Å². The summed E-state index contributed by atoms with van der Waals surface area (Å²) in [5.41, 5.74) is 18.3. The molecule has 150 valence electrons. The zero-order valence-electron chi connectivity index (χ0n) is 16.7. The first kappa shape index (κ1) is 19.7. The van der Waals surface area contributed by atoms with Crippen LogP contribution in [0.4, 0.5) is 0 Å². The van der Waals surface area contributed by atoms with Crippen LogP contribution < -0.4 is 16.2 Å². The lowest BCUT2D eigenvalue weighted by atomic mass is 10.0. The lowest BCUT2D eigenvalue weighted by Gasteiger charge is -2.11. The largest absolute Gasteiger partial charge is 0.497 e. The van der Waals surface area contributed by atoms with Gasteiger partial charge in [0.05, 0.1) is 41.3 Å². The van der Waals surface area contributed by atoms with Crippen molar-refractivity contribution in [1.29, 1.82) is 0 Å². The van der Waals surface area contributed by atoms with Crippen molar-refractivity contribution >= 4 is 0 Å². The topological polar surface area (TPSA) is 99.9 Å². The smallest absolute Gasteiger partial charge is 0.118 e. The minimum absolute atomic E-state index is 0.374. The molecular weight excluding hydrogens is 374 g/mol. The maximum atomic E-state index is 5.78. The molecule has 30 heavy (non-hydrogen) atoms. The van der Waals surface area contributed by atoms with Crippen LogP contribution in [0.15, 0.2) is 72.8 Å². The Morgan fingerprint density at radius 1 is 0.633 bits per heavy atom. The maximum absolute atomic E-state index is 5.78. The minimum Gasteiger partial charge on any atom is -0.497 e. The van der Waals surface area contributed by atoms with Crippen molar-refractivity contribution in [3.05, 3.63) is 84.2 Å². The quantitative estimate of drug-likeness (QED) is 0.513. The minimum atomic E-state index is 0.374. The van der Waals surface area contributed by atoms with Crippen molar-refractivity contribution < 1.29 is 4.74 Å². The Morgan fingerprint density at radius 2 is 1.17 bits per heavy atom. The standard InChI is InChI=1S/C24H23N5O/c1-30-20-10-8-16(9-11-20)17-12-23(21-6-2-4-18(14-25)27-21)29-24(13-17)22-7-3-5-19(15-26)28-22/h2-13H,14-15,25-26H2,1H3. The molecule has 0 unspecified atom stereocenters. The molecule has 1 aromatic carbocycles. The molecule has 0 spiro atoms. The van der Waals surface area contributed by atoms with Crippen LogP contribution in [0.3, 0.4) is 0 Å². The third kappa shape index (κ3) is 4.20. The van der Waals surface area contributed by atoms with Gasteiger partial charge in [-0.25, -0.2) is 15.0 Å². The van der Waals surface area contributed by atoms with E-state index in [1.165, 1.54) is 0 Å². The van der Waals surface area contributed by atoms with Crippen LogP contribution in [0.2, 0.25) is 0 Å². The second-order valence-corrected chi connectivity index (χ2v) is 6.79. The zero-order chi connectivity index (χ0) is 20.9. The molecule has 3 heterocycles. The van der Waals surface area contributed by atoms with Crippen molar-refractivity contribution in [3.63, 3.8) is 0 Å². The van der Waals surface area contributed by atoms with Crippen molar-refractivity contribution in [2.75, 3.05) is 7.11 Å². The number of hydrogen-bond acceptors (Lipinski definition) is 6. The summed E-state index contributed by atoms with van der Waals surface area (Å²) >= 11 is 0. The zero-order valence-corrected chi connectivity index (χ0v) is 16.7. The van der Waals surface area contributed by atoms with Crippen molar-refractivity contribution in [3.8, 4) is 39.7 Å². The van der Waals surface area contributed by atoms with Gasteiger partial charge < -0.3 is 16.2 Å². The van der Waals surface area contributed by atoms with Gasteiger partial charge in [0, 0.05) is 13.1 Å². The molecule has 0 amide bonds. The van der Waals surface area contributed by atoms with E-state index < -0.39 is 0 Å². The maximum Gasteiger partial charge on any atom is 0.118 e. The lowest BCUT2D eigenvalue weighted by molar-refractivity contribution is 0.415. The lowest BCUT2D eigenvalue weighted by Crippen LogP contribution is -2.02. The van der Waals surface area contributed by atoms with E-state index in [9.17, 15) is 0 Å². The number of methoxy groups -OCH3 is 1. The SMILES string of the molecule is COc1ccc(-c2cc(-c3cccc(CN)n3)nc(-c3cccc(CN)n3)c2)cc1. The van der Waals surface area contributed by atoms with E-state index in [0.29, 0.717) is 13.1 Å².